The van der Waals surface area contributed by atoms with Gasteiger partial charge in [0, 0.05) is 20.3 Å². The molecule has 1 N–H and O–H groups in total. The molecule has 1 aromatic carbocycles. The minimum absolute atomic E-state index is 0.279. The topological polar surface area (TPSA) is 31.4 Å². The number of hydrogen-bond donors (Lipinski definition) is 1. The largest absolute Gasteiger partial charge is 0.375 e. The third kappa shape index (κ3) is 2.57. The van der Waals surface area contributed by atoms with Gasteiger partial charge in [0.1, 0.15) is 0 Å². The Balaban J connectivity index is 1.90. The number of pyridine rings is 1. The summed E-state index contributed by atoms with van der Waals surface area (Å²) in [7, 11) is 4.07. The third-order valence-electron chi connectivity index (χ3n) is 3.66. The zero-order chi connectivity index (χ0) is 14.8. The van der Waals surface area contributed by atoms with Crippen molar-refractivity contribution in [1.29, 1.82) is 0 Å². The maximum absolute atomic E-state index is 4.23. The summed E-state index contributed by atoms with van der Waals surface area (Å²) >= 11 is 0. The Hall–Kier alpha value is -2.49. The van der Waals surface area contributed by atoms with E-state index in [-0.39, 0.29) is 6.04 Å². The van der Waals surface area contributed by atoms with Crippen LogP contribution in [0.5, 0.6) is 0 Å². The third-order valence-corrected chi connectivity index (χ3v) is 3.66. The Kier molecular flexibility index (Phi) is 3.52. The van der Waals surface area contributed by atoms with Gasteiger partial charge in [-0.05, 0) is 24.6 Å². The molecule has 1 aliphatic heterocycles. The average Bonchev–Trinajstić information content (AvgIpc) is 2.90. The zero-order valence-corrected chi connectivity index (χ0v) is 12.6. The van der Waals surface area contributed by atoms with E-state index in [9.17, 15) is 0 Å². The number of rotatable bonds is 3. The molecule has 1 aliphatic rings. The molecule has 1 aromatic heterocycles. The quantitative estimate of drug-likeness (QED) is 0.936. The maximum Gasteiger partial charge on any atom is 0.0843 e. The fourth-order valence-corrected chi connectivity index (χ4v) is 2.57. The Morgan fingerprint density at radius 1 is 1.14 bits per heavy atom. The highest BCUT2D eigenvalue weighted by molar-refractivity contribution is 5.76. The smallest absolute Gasteiger partial charge is 0.0843 e. The normalized spacial score (nSPS) is 17.4. The predicted octanol–water partition coefficient (Wildman–Crippen LogP) is 2.90. The molecule has 4 nitrogen and oxygen atoms in total. The first kappa shape index (κ1) is 13.5. The van der Waals surface area contributed by atoms with E-state index in [1.807, 2.05) is 38.6 Å². The van der Waals surface area contributed by atoms with Gasteiger partial charge < -0.3 is 4.90 Å². The van der Waals surface area contributed by atoms with E-state index in [4.69, 9.17) is 0 Å². The van der Waals surface area contributed by atoms with Crippen LogP contribution in [0.4, 0.5) is 11.4 Å². The second-order valence-corrected chi connectivity index (χ2v) is 5.43. The SMILES string of the molecule is CC1C=C(c2ccccc2)NN1c1ccncc1N(C)C. The summed E-state index contributed by atoms with van der Waals surface area (Å²) in [5.74, 6) is 0. The van der Waals surface area contributed by atoms with E-state index in [1.54, 1.807) is 0 Å². The Labute approximate surface area is 125 Å². The minimum atomic E-state index is 0.279. The van der Waals surface area contributed by atoms with Crippen LogP contribution in [0.2, 0.25) is 0 Å². The second kappa shape index (κ2) is 5.48. The van der Waals surface area contributed by atoms with Crippen LogP contribution in [0, 0.1) is 0 Å². The van der Waals surface area contributed by atoms with Crippen LogP contribution >= 0.6 is 0 Å². The van der Waals surface area contributed by atoms with Crippen molar-refractivity contribution in [2.24, 2.45) is 0 Å². The van der Waals surface area contributed by atoms with Gasteiger partial charge in [-0.1, -0.05) is 30.3 Å². The molecule has 0 saturated carbocycles. The van der Waals surface area contributed by atoms with Gasteiger partial charge in [-0.25, -0.2) is 0 Å². The Bertz CT molecular complexity index is 649. The first-order valence-electron chi connectivity index (χ1n) is 7.11. The van der Waals surface area contributed by atoms with E-state index >= 15 is 0 Å². The van der Waals surface area contributed by atoms with Gasteiger partial charge in [0.05, 0.1) is 29.3 Å². The number of aromatic nitrogens is 1. The molecule has 0 amide bonds. The fraction of sp³-hybridized carbons (Fsp3) is 0.235. The monoisotopic (exact) mass is 280 g/mol. The highest BCUT2D eigenvalue weighted by Gasteiger charge is 2.24. The number of hydrogen-bond acceptors (Lipinski definition) is 4. The molecule has 2 aromatic rings. The second-order valence-electron chi connectivity index (χ2n) is 5.43. The summed E-state index contributed by atoms with van der Waals surface area (Å²) in [5.41, 5.74) is 8.08. The predicted molar refractivity (Wildman–Crippen MR) is 88.1 cm³/mol. The van der Waals surface area contributed by atoms with Crippen molar-refractivity contribution >= 4 is 17.1 Å². The van der Waals surface area contributed by atoms with E-state index < -0.39 is 0 Å². The maximum atomic E-state index is 4.23. The fourth-order valence-electron chi connectivity index (χ4n) is 2.57. The summed E-state index contributed by atoms with van der Waals surface area (Å²) in [5, 5.41) is 2.18. The molecule has 1 atom stereocenters. The number of nitrogens with one attached hydrogen (secondary N) is 1. The summed E-state index contributed by atoms with van der Waals surface area (Å²) in [6.45, 7) is 2.18. The van der Waals surface area contributed by atoms with Crippen LogP contribution in [0.1, 0.15) is 12.5 Å². The molecule has 0 bridgehead atoms. The van der Waals surface area contributed by atoms with Crippen molar-refractivity contribution in [2.45, 2.75) is 13.0 Å². The van der Waals surface area contributed by atoms with Gasteiger partial charge in [0.25, 0.3) is 0 Å². The molecule has 3 rings (SSSR count). The molecule has 21 heavy (non-hydrogen) atoms. The highest BCUT2D eigenvalue weighted by Crippen LogP contribution is 2.31. The van der Waals surface area contributed by atoms with Crippen LogP contribution in [-0.4, -0.2) is 25.1 Å². The van der Waals surface area contributed by atoms with Gasteiger partial charge in [0.2, 0.25) is 0 Å². The van der Waals surface area contributed by atoms with Crippen molar-refractivity contribution in [3.63, 3.8) is 0 Å². The zero-order valence-electron chi connectivity index (χ0n) is 12.6. The molecule has 1 unspecified atom stereocenters. The molecular formula is C17H20N4. The Morgan fingerprint density at radius 2 is 1.90 bits per heavy atom. The Morgan fingerprint density at radius 3 is 2.62 bits per heavy atom. The minimum Gasteiger partial charge on any atom is -0.375 e. The molecule has 0 spiro atoms. The van der Waals surface area contributed by atoms with E-state index in [2.05, 4.69) is 57.6 Å². The number of benzene rings is 1. The van der Waals surface area contributed by atoms with Crippen molar-refractivity contribution in [3.05, 3.63) is 60.4 Å². The van der Waals surface area contributed by atoms with Crippen LogP contribution in [0.15, 0.2) is 54.9 Å². The van der Waals surface area contributed by atoms with Crippen LogP contribution in [0.3, 0.4) is 0 Å². The van der Waals surface area contributed by atoms with Gasteiger partial charge in [-0.3, -0.25) is 15.4 Å². The highest BCUT2D eigenvalue weighted by atomic mass is 15.5. The molecule has 0 radical (unpaired) electrons. The van der Waals surface area contributed by atoms with E-state index in [1.165, 1.54) is 5.56 Å². The van der Waals surface area contributed by atoms with Gasteiger partial charge in [-0.15, -0.1) is 0 Å². The summed E-state index contributed by atoms with van der Waals surface area (Å²) in [6.07, 6.45) is 5.97. The number of hydrazine groups is 1. The van der Waals surface area contributed by atoms with E-state index in [0.29, 0.717) is 0 Å². The van der Waals surface area contributed by atoms with Crippen molar-refractivity contribution in [3.8, 4) is 0 Å². The van der Waals surface area contributed by atoms with Crippen LogP contribution in [-0.2, 0) is 0 Å². The lowest BCUT2D eigenvalue weighted by Crippen LogP contribution is -2.37. The standard InChI is InChI=1S/C17H20N4/c1-13-11-15(14-7-5-4-6-8-14)19-21(13)16-9-10-18-12-17(16)20(2)3/h4-13,19H,1-3H3. The lowest BCUT2D eigenvalue weighted by Gasteiger charge is -2.29. The van der Waals surface area contributed by atoms with Crippen molar-refractivity contribution in [2.75, 3.05) is 24.0 Å². The number of nitrogens with zero attached hydrogens (tertiary/aromatic N) is 3. The van der Waals surface area contributed by atoms with Crippen LogP contribution < -0.4 is 15.3 Å². The molecular weight excluding hydrogens is 260 g/mol. The van der Waals surface area contributed by atoms with Gasteiger partial charge in [-0.2, -0.15) is 0 Å². The molecule has 0 fully saturated rings. The lowest BCUT2D eigenvalue weighted by molar-refractivity contribution is 0.732. The van der Waals surface area contributed by atoms with Gasteiger partial charge >= 0.3 is 0 Å². The molecule has 0 aliphatic carbocycles. The summed E-state index contributed by atoms with van der Waals surface area (Å²) in [4.78, 5) is 6.31. The number of anilines is 2. The summed E-state index contributed by atoms with van der Waals surface area (Å²) < 4.78 is 0. The molecule has 4 heteroatoms. The van der Waals surface area contributed by atoms with E-state index in [0.717, 1.165) is 17.1 Å². The summed E-state index contributed by atoms with van der Waals surface area (Å²) in [6, 6.07) is 12.7. The average molecular weight is 280 g/mol. The molecule has 2 heterocycles. The van der Waals surface area contributed by atoms with Crippen LogP contribution in [0.25, 0.3) is 5.70 Å². The molecule has 108 valence electrons. The van der Waals surface area contributed by atoms with Crippen molar-refractivity contribution in [1.82, 2.24) is 10.4 Å². The first-order chi connectivity index (χ1) is 10.2. The van der Waals surface area contributed by atoms with Gasteiger partial charge in [0.15, 0.2) is 0 Å². The first-order valence-corrected chi connectivity index (χ1v) is 7.11. The van der Waals surface area contributed by atoms with Crippen molar-refractivity contribution < 1.29 is 0 Å². The molecule has 0 saturated heterocycles. The lowest BCUT2D eigenvalue weighted by atomic mass is 10.1.